The van der Waals surface area contributed by atoms with Crippen molar-refractivity contribution in [2.75, 3.05) is 5.75 Å². The third-order valence-corrected chi connectivity index (χ3v) is 5.67. The van der Waals surface area contributed by atoms with Crippen molar-refractivity contribution < 1.29 is 18.0 Å². The van der Waals surface area contributed by atoms with Crippen molar-refractivity contribution in [1.82, 2.24) is 19.7 Å². The molecule has 4 rings (SSSR count). The third kappa shape index (κ3) is 4.52. The number of nitrogens with one attached hydrogen (secondary N) is 1. The van der Waals surface area contributed by atoms with E-state index in [1.165, 1.54) is 16.7 Å². The summed E-state index contributed by atoms with van der Waals surface area (Å²) in [6.45, 7) is 0. The standard InChI is InChI=1S/C21H14ClF3N4OS/c22-16-8-2-1-7-15(16)19-27-28-20(31-12-18(30)17-9-4-10-26-17)29(19)14-6-3-5-13(11-14)21(23,24)25/h1-11,26H,12H2. The van der Waals surface area contributed by atoms with Crippen molar-refractivity contribution >= 4 is 29.1 Å². The Morgan fingerprint density at radius 2 is 1.87 bits per heavy atom. The first-order valence-corrected chi connectivity index (χ1v) is 10.4. The molecule has 0 saturated heterocycles. The number of nitrogens with zero attached hydrogens (tertiary/aromatic N) is 3. The zero-order valence-corrected chi connectivity index (χ0v) is 17.3. The van der Waals surface area contributed by atoms with E-state index >= 15 is 0 Å². The second-order valence-electron chi connectivity index (χ2n) is 6.47. The Labute approximate surface area is 184 Å². The van der Waals surface area contributed by atoms with Gasteiger partial charge in [-0.3, -0.25) is 9.36 Å². The predicted octanol–water partition coefficient (Wildman–Crippen LogP) is 5.91. The third-order valence-electron chi connectivity index (χ3n) is 4.41. The highest BCUT2D eigenvalue weighted by molar-refractivity contribution is 7.99. The molecule has 0 amide bonds. The summed E-state index contributed by atoms with van der Waals surface area (Å²) in [7, 11) is 0. The van der Waals surface area contributed by atoms with Gasteiger partial charge in [0.1, 0.15) is 0 Å². The van der Waals surface area contributed by atoms with Crippen LogP contribution in [0.2, 0.25) is 5.02 Å². The van der Waals surface area contributed by atoms with Crippen molar-refractivity contribution in [3.8, 4) is 17.1 Å². The molecule has 0 aliphatic carbocycles. The number of benzene rings is 2. The van der Waals surface area contributed by atoms with Crippen LogP contribution in [0.4, 0.5) is 13.2 Å². The van der Waals surface area contributed by atoms with Gasteiger partial charge in [0.05, 0.1) is 27.7 Å². The van der Waals surface area contributed by atoms with Crippen LogP contribution < -0.4 is 0 Å². The fourth-order valence-corrected chi connectivity index (χ4v) is 4.00. The minimum atomic E-state index is -4.51. The number of carbonyl (C=O) groups excluding carboxylic acids is 1. The lowest BCUT2D eigenvalue weighted by atomic mass is 10.1. The van der Waals surface area contributed by atoms with Crippen LogP contribution in [0.3, 0.4) is 0 Å². The lowest BCUT2D eigenvalue weighted by Gasteiger charge is -2.13. The summed E-state index contributed by atoms with van der Waals surface area (Å²) >= 11 is 7.38. The minimum Gasteiger partial charge on any atom is -0.359 e. The van der Waals surface area contributed by atoms with E-state index in [2.05, 4.69) is 15.2 Å². The fourth-order valence-electron chi connectivity index (χ4n) is 2.95. The molecule has 0 unspecified atom stereocenters. The second kappa shape index (κ2) is 8.60. The van der Waals surface area contributed by atoms with E-state index in [1.54, 1.807) is 42.6 Å². The van der Waals surface area contributed by atoms with Gasteiger partial charge in [-0.05, 0) is 42.5 Å². The number of H-pyrrole nitrogens is 1. The van der Waals surface area contributed by atoms with Crippen LogP contribution in [-0.4, -0.2) is 31.3 Å². The highest BCUT2D eigenvalue weighted by Gasteiger charge is 2.31. The molecule has 0 radical (unpaired) electrons. The largest absolute Gasteiger partial charge is 0.416 e. The molecule has 5 nitrogen and oxygen atoms in total. The van der Waals surface area contributed by atoms with Crippen molar-refractivity contribution in [2.45, 2.75) is 11.3 Å². The molecule has 0 bridgehead atoms. The molecule has 158 valence electrons. The van der Waals surface area contributed by atoms with E-state index in [-0.39, 0.29) is 28.2 Å². The Kier molecular flexibility index (Phi) is 5.88. The molecule has 2 aromatic carbocycles. The first kappa shape index (κ1) is 21.2. The number of carbonyl (C=O) groups is 1. The highest BCUT2D eigenvalue weighted by Crippen LogP contribution is 2.35. The van der Waals surface area contributed by atoms with Crippen molar-refractivity contribution in [3.63, 3.8) is 0 Å². The molecule has 0 aliphatic heterocycles. The number of hydrogen-bond acceptors (Lipinski definition) is 4. The monoisotopic (exact) mass is 462 g/mol. The quantitative estimate of drug-likeness (QED) is 0.286. The summed E-state index contributed by atoms with van der Waals surface area (Å²) in [6.07, 6.45) is -2.87. The van der Waals surface area contributed by atoms with E-state index in [9.17, 15) is 18.0 Å². The van der Waals surface area contributed by atoms with Crippen LogP contribution in [-0.2, 0) is 6.18 Å². The number of aromatic amines is 1. The Morgan fingerprint density at radius 1 is 1.06 bits per heavy atom. The first-order chi connectivity index (χ1) is 14.8. The topological polar surface area (TPSA) is 63.6 Å². The molecule has 0 atom stereocenters. The maximum atomic E-state index is 13.3. The van der Waals surface area contributed by atoms with E-state index in [1.807, 2.05) is 0 Å². The maximum absolute atomic E-state index is 13.3. The molecule has 31 heavy (non-hydrogen) atoms. The van der Waals surface area contributed by atoms with E-state index in [4.69, 9.17) is 11.6 Å². The average Bonchev–Trinajstić information content (AvgIpc) is 3.42. The molecule has 10 heteroatoms. The average molecular weight is 463 g/mol. The fraction of sp³-hybridized carbons (Fsp3) is 0.0952. The molecule has 0 saturated carbocycles. The molecule has 4 aromatic rings. The van der Waals surface area contributed by atoms with Gasteiger partial charge in [-0.2, -0.15) is 13.2 Å². The normalized spacial score (nSPS) is 11.6. The van der Waals surface area contributed by atoms with Gasteiger partial charge < -0.3 is 4.98 Å². The van der Waals surface area contributed by atoms with Crippen molar-refractivity contribution in [3.05, 3.63) is 83.1 Å². The lowest BCUT2D eigenvalue weighted by molar-refractivity contribution is -0.137. The van der Waals surface area contributed by atoms with Gasteiger partial charge >= 0.3 is 6.18 Å². The Hall–Kier alpha value is -3.04. The number of halogens is 4. The second-order valence-corrected chi connectivity index (χ2v) is 7.81. The predicted molar refractivity (Wildman–Crippen MR) is 113 cm³/mol. The van der Waals surface area contributed by atoms with Crippen LogP contribution in [0.5, 0.6) is 0 Å². The summed E-state index contributed by atoms with van der Waals surface area (Å²) in [6, 6.07) is 15.0. The van der Waals surface area contributed by atoms with Gasteiger partial charge in [-0.15, -0.1) is 10.2 Å². The molecule has 1 N–H and O–H groups in total. The number of rotatable bonds is 6. The smallest absolute Gasteiger partial charge is 0.359 e. The zero-order valence-electron chi connectivity index (χ0n) is 15.7. The van der Waals surface area contributed by atoms with Gasteiger partial charge in [0.2, 0.25) is 0 Å². The zero-order chi connectivity index (χ0) is 22.0. The van der Waals surface area contributed by atoms with Gasteiger partial charge in [-0.1, -0.05) is 41.6 Å². The molecular weight excluding hydrogens is 449 g/mol. The van der Waals surface area contributed by atoms with Gasteiger partial charge in [-0.25, -0.2) is 0 Å². The number of alkyl halides is 3. The van der Waals surface area contributed by atoms with Gasteiger partial charge in [0, 0.05) is 11.8 Å². The number of Topliss-reactive ketones (excluding diaryl/α,β-unsaturated/α-hetero) is 1. The molecule has 0 fully saturated rings. The molecule has 2 aromatic heterocycles. The number of ketones is 1. The van der Waals surface area contributed by atoms with Crippen molar-refractivity contribution in [2.24, 2.45) is 0 Å². The summed E-state index contributed by atoms with van der Waals surface area (Å²) in [5, 5.41) is 8.94. The van der Waals surface area contributed by atoms with Gasteiger partial charge in [0.15, 0.2) is 16.8 Å². The molecular formula is C21H14ClF3N4OS. The van der Waals surface area contributed by atoms with Gasteiger partial charge in [0.25, 0.3) is 0 Å². The van der Waals surface area contributed by atoms with Crippen LogP contribution >= 0.6 is 23.4 Å². The minimum absolute atomic E-state index is 0.0279. The van der Waals surface area contributed by atoms with Crippen molar-refractivity contribution in [1.29, 1.82) is 0 Å². The summed E-state index contributed by atoms with van der Waals surface area (Å²) in [4.78, 5) is 15.2. The Balaban J connectivity index is 1.78. The summed E-state index contributed by atoms with van der Waals surface area (Å²) < 4.78 is 41.4. The number of thioether (sulfide) groups is 1. The molecule has 2 heterocycles. The Morgan fingerprint density at radius 3 is 2.58 bits per heavy atom. The molecule has 0 aliphatic rings. The lowest BCUT2D eigenvalue weighted by Crippen LogP contribution is -2.08. The van der Waals surface area contributed by atoms with E-state index < -0.39 is 11.7 Å². The first-order valence-electron chi connectivity index (χ1n) is 9.02. The summed E-state index contributed by atoms with van der Waals surface area (Å²) in [5.41, 5.74) is 0.354. The van der Waals surface area contributed by atoms with Crippen LogP contribution in [0.15, 0.2) is 72.0 Å². The van der Waals surface area contributed by atoms with Crippen LogP contribution in [0, 0.1) is 0 Å². The maximum Gasteiger partial charge on any atom is 0.416 e. The number of hydrogen-bond donors (Lipinski definition) is 1. The number of aromatic nitrogens is 4. The van der Waals surface area contributed by atoms with E-state index in [0.717, 1.165) is 23.9 Å². The van der Waals surface area contributed by atoms with E-state index in [0.29, 0.717) is 16.3 Å². The van der Waals surface area contributed by atoms with Crippen LogP contribution in [0.25, 0.3) is 17.1 Å². The van der Waals surface area contributed by atoms with Crippen LogP contribution in [0.1, 0.15) is 16.1 Å². The SMILES string of the molecule is O=C(CSc1nnc(-c2ccccc2Cl)n1-c1cccc(C(F)(F)F)c1)c1ccc[nH]1. The Bertz CT molecular complexity index is 1220. The summed E-state index contributed by atoms with van der Waals surface area (Å²) in [5.74, 6) is 0.132. The highest BCUT2D eigenvalue weighted by atomic mass is 35.5. The molecule has 0 spiro atoms.